The maximum absolute atomic E-state index is 13.6. The predicted molar refractivity (Wildman–Crippen MR) is 203 cm³/mol. The fourth-order valence-corrected chi connectivity index (χ4v) is 5.81. The largest absolute Gasteiger partial charge is 0.497 e. The number of aromatic nitrogens is 2. The first-order valence-corrected chi connectivity index (χ1v) is 18.8. The summed E-state index contributed by atoms with van der Waals surface area (Å²) in [5.41, 5.74) is 2.32. The number of aryl methyl sites for hydroxylation is 1. The van der Waals surface area contributed by atoms with Crippen LogP contribution in [0.3, 0.4) is 0 Å². The van der Waals surface area contributed by atoms with Crippen molar-refractivity contribution in [3.8, 4) is 17.4 Å². The molecule has 2 aromatic heterocycles. The number of nitrogens with zero attached hydrogens (tertiary/aromatic N) is 5. The van der Waals surface area contributed by atoms with E-state index in [4.69, 9.17) is 14.0 Å². The van der Waals surface area contributed by atoms with Gasteiger partial charge in [-0.1, -0.05) is 24.3 Å². The van der Waals surface area contributed by atoms with E-state index in [1.807, 2.05) is 59.0 Å². The lowest BCUT2D eigenvalue weighted by Gasteiger charge is -2.34. The molecule has 55 heavy (non-hydrogen) atoms. The van der Waals surface area contributed by atoms with E-state index in [1.165, 1.54) is 18.1 Å². The molecule has 1 fully saturated rings. The van der Waals surface area contributed by atoms with E-state index < -0.39 is 27.8 Å². The summed E-state index contributed by atoms with van der Waals surface area (Å²) in [7, 11) is 1.37. The summed E-state index contributed by atoms with van der Waals surface area (Å²) in [5.74, 6) is 1.13. The van der Waals surface area contributed by atoms with Gasteiger partial charge in [-0.05, 0) is 72.3 Å². The second-order valence-corrected chi connectivity index (χ2v) is 14.2. The predicted octanol–water partition coefficient (Wildman–Crippen LogP) is 6.64. The first-order chi connectivity index (χ1) is 26.0. The van der Waals surface area contributed by atoms with Gasteiger partial charge in [-0.25, -0.2) is 4.98 Å². The zero-order valence-electron chi connectivity index (χ0n) is 30.5. The number of rotatable bonds is 9. The number of fused-ring (bicyclic) bond motifs is 1. The Kier molecular flexibility index (Phi) is 12.6. The Morgan fingerprint density at radius 1 is 0.927 bits per heavy atom. The fourth-order valence-electron chi connectivity index (χ4n) is 5.81. The van der Waals surface area contributed by atoms with E-state index in [0.29, 0.717) is 36.5 Å². The van der Waals surface area contributed by atoms with Crippen molar-refractivity contribution >= 4 is 44.6 Å². The van der Waals surface area contributed by atoms with Crippen LogP contribution in [0.25, 0.3) is 17.0 Å². The molecular weight excluding hydrogens is 740 g/mol. The summed E-state index contributed by atoms with van der Waals surface area (Å²) in [6.07, 6.45) is 1.91. The van der Waals surface area contributed by atoms with Gasteiger partial charge in [0.15, 0.2) is 0 Å². The highest BCUT2D eigenvalue weighted by atomic mass is 32.2. The topological polar surface area (TPSA) is 135 Å². The first-order valence-electron chi connectivity index (χ1n) is 16.9. The van der Waals surface area contributed by atoms with Gasteiger partial charge in [0.2, 0.25) is 5.88 Å². The van der Waals surface area contributed by atoms with Gasteiger partial charge in [-0.3, -0.25) is 19.0 Å². The normalized spacial score (nSPS) is 13.7. The molecule has 2 amide bonds. The minimum atomic E-state index is -4.48. The van der Waals surface area contributed by atoms with E-state index in [-0.39, 0.29) is 17.4 Å². The number of hydrogen-bond acceptors (Lipinski definition) is 8. The van der Waals surface area contributed by atoms with E-state index >= 15 is 0 Å². The van der Waals surface area contributed by atoms with Crippen LogP contribution >= 0.6 is 0 Å². The summed E-state index contributed by atoms with van der Waals surface area (Å²) in [6.45, 7) is 3.65. The molecule has 0 unspecified atom stereocenters. The maximum Gasteiger partial charge on any atom is 0.416 e. The molecule has 3 aromatic carbocycles. The van der Waals surface area contributed by atoms with Gasteiger partial charge in [0, 0.05) is 69.4 Å². The van der Waals surface area contributed by atoms with Crippen LogP contribution in [0.2, 0.25) is 0 Å². The Labute approximate surface area is 316 Å². The molecule has 0 spiro atoms. The van der Waals surface area contributed by atoms with Crippen LogP contribution in [0.15, 0.2) is 97.2 Å². The van der Waals surface area contributed by atoms with Gasteiger partial charge in [0.1, 0.15) is 17.2 Å². The Bertz CT molecular complexity index is 2240. The second-order valence-electron chi connectivity index (χ2n) is 12.7. The van der Waals surface area contributed by atoms with Crippen LogP contribution in [0.5, 0.6) is 17.4 Å². The van der Waals surface area contributed by atoms with Crippen molar-refractivity contribution < 1.29 is 45.2 Å². The Balaban J connectivity index is 0.00000109. The number of methoxy groups -OCH3 is 1. The zero-order chi connectivity index (χ0) is 39.9. The molecule has 0 radical (unpaired) electrons. The number of carbonyl (C=O) groups excluding carboxylic acids is 2. The van der Waals surface area contributed by atoms with Crippen LogP contribution in [0, 0.1) is 0 Å². The van der Waals surface area contributed by atoms with Crippen molar-refractivity contribution in [2.45, 2.75) is 6.18 Å². The molecule has 1 saturated heterocycles. The second kappa shape index (κ2) is 17.2. The maximum atomic E-state index is 13.6. The number of halogens is 3. The highest BCUT2D eigenvalue weighted by molar-refractivity contribution is 7.85. The van der Waals surface area contributed by atoms with Gasteiger partial charge in [0.25, 0.3) is 21.9 Å². The number of amides is 2. The molecule has 1 aliphatic heterocycles. The van der Waals surface area contributed by atoms with E-state index in [9.17, 15) is 31.2 Å². The summed E-state index contributed by atoms with van der Waals surface area (Å²) >= 11 is 0. The minimum absolute atomic E-state index is 0.0215. The van der Waals surface area contributed by atoms with Crippen molar-refractivity contribution in [2.75, 3.05) is 58.0 Å². The number of alkyl halides is 3. The smallest absolute Gasteiger partial charge is 0.416 e. The zero-order valence-corrected chi connectivity index (χ0v) is 31.3. The number of ether oxygens (including phenoxy) is 2. The SMILES string of the molecule is COc1ccc(C=CCN2CCN(C(=O)c3cc4cc(Oc5ccc(N(C)C(=O)c6ccc(C(F)(F)F)cc6)cn5)ccc4n3C)CC2)cc1.CS(=O)(=O)O. The lowest BCUT2D eigenvalue weighted by Crippen LogP contribution is -2.48. The molecular formula is C39H40F3N5O7S. The number of piperazine rings is 1. The van der Waals surface area contributed by atoms with Gasteiger partial charge < -0.3 is 23.8 Å². The fraction of sp³-hybridized carbons (Fsp3) is 0.256. The minimum Gasteiger partial charge on any atom is -0.497 e. The Morgan fingerprint density at radius 2 is 1.56 bits per heavy atom. The van der Waals surface area contributed by atoms with Crippen molar-refractivity contribution in [2.24, 2.45) is 7.05 Å². The summed E-state index contributed by atoms with van der Waals surface area (Å²) in [6, 6.07) is 22.6. The lowest BCUT2D eigenvalue weighted by molar-refractivity contribution is -0.137. The molecule has 0 aliphatic carbocycles. The summed E-state index contributed by atoms with van der Waals surface area (Å²) in [5, 5.41) is 0.842. The molecule has 5 aromatic rings. The van der Waals surface area contributed by atoms with Gasteiger partial charge in [-0.2, -0.15) is 21.6 Å². The molecule has 6 rings (SSSR count). The molecule has 0 bridgehead atoms. The molecule has 290 valence electrons. The number of benzene rings is 3. The van der Waals surface area contributed by atoms with Gasteiger partial charge in [0.05, 0.1) is 30.8 Å². The van der Waals surface area contributed by atoms with Crippen LogP contribution in [-0.4, -0.2) is 97.3 Å². The summed E-state index contributed by atoms with van der Waals surface area (Å²) < 4.78 is 77.6. The van der Waals surface area contributed by atoms with Crippen molar-refractivity contribution in [3.63, 3.8) is 0 Å². The monoisotopic (exact) mass is 779 g/mol. The van der Waals surface area contributed by atoms with E-state index in [2.05, 4.69) is 22.0 Å². The van der Waals surface area contributed by atoms with Gasteiger partial charge >= 0.3 is 6.18 Å². The molecule has 0 atom stereocenters. The molecule has 0 saturated carbocycles. The third-order valence-electron chi connectivity index (χ3n) is 8.78. The highest BCUT2D eigenvalue weighted by Crippen LogP contribution is 2.30. The Morgan fingerprint density at radius 3 is 2.15 bits per heavy atom. The number of anilines is 1. The van der Waals surface area contributed by atoms with E-state index in [0.717, 1.165) is 66.1 Å². The number of carbonyl (C=O) groups is 2. The van der Waals surface area contributed by atoms with Crippen molar-refractivity contribution in [1.82, 2.24) is 19.4 Å². The van der Waals surface area contributed by atoms with E-state index in [1.54, 1.807) is 25.3 Å². The van der Waals surface area contributed by atoms with Gasteiger partial charge in [-0.15, -0.1) is 0 Å². The van der Waals surface area contributed by atoms with Crippen molar-refractivity contribution in [1.29, 1.82) is 0 Å². The summed E-state index contributed by atoms with van der Waals surface area (Å²) in [4.78, 5) is 36.2. The quantitative estimate of drug-likeness (QED) is 0.163. The number of hydrogen-bond donors (Lipinski definition) is 1. The van der Waals surface area contributed by atoms with Crippen LogP contribution in [0.4, 0.5) is 18.9 Å². The molecule has 12 nitrogen and oxygen atoms in total. The Hall–Kier alpha value is -5.71. The first kappa shape index (κ1) is 40.5. The average Bonchev–Trinajstić information content (AvgIpc) is 3.49. The van der Waals surface area contributed by atoms with Crippen LogP contribution in [0.1, 0.15) is 32.0 Å². The third kappa shape index (κ3) is 10.9. The molecule has 1 aliphatic rings. The highest BCUT2D eigenvalue weighted by Gasteiger charge is 2.30. The van der Waals surface area contributed by atoms with Crippen LogP contribution in [-0.2, 0) is 23.3 Å². The molecule has 1 N–H and O–H groups in total. The molecule has 3 heterocycles. The van der Waals surface area contributed by atoms with Crippen LogP contribution < -0.4 is 14.4 Å². The lowest BCUT2D eigenvalue weighted by atomic mass is 10.1. The number of pyridine rings is 1. The third-order valence-corrected chi connectivity index (χ3v) is 8.78. The van der Waals surface area contributed by atoms with Crippen molar-refractivity contribution in [3.05, 3.63) is 120 Å². The average molecular weight is 780 g/mol. The molecule has 16 heteroatoms. The standard InChI is InChI=1S/C38H36F3N5O4.CH4O3S/c1-43(36(47)27-8-10-29(11-9-27)38(39,40)41)30-12-17-35(42-25-30)50-32-15-16-33-28(23-32)24-34(44(33)2)37(48)46-21-19-45(20-22-46)18-4-5-26-6-13-31(49-3)14-7-26;1-5(2,3)4/h4-17,23-25H,18-22H2,1-3H3;1H3,(H,2,3,4).